The molecule has 1 atom stereocenters. The number of allylic oxidation sites excluding steroid dienone is 9. The van der Waals surface area contributed by atoms with Crippen LogP contribution in [-0.4, -0.2) is 9.55 Å². The van der Waals surface area contributed by atoms with Crippen molar-refractivity contribution in [3.05, 3.63) is 211 Å². The van der Waals surface area contributed by atoms with Crippen LogP contribution in [0.1, 0.15) is 55.1 Å². The van der Waals surface area contributed by atoms with Crippen LogP contribution in [0.25, 0.3) is 89.2 Å². The molecule has 0 fully saturated rings. The molecule has 0 aliphatic heterocycles. The van der Waals surface area contributed by atoms with Crippen molar-refractivity contribution in [2.24, 2.45) is 5.92 Å². The van der Waals surface area contributed by atoms with Crippen molar-refractivity contribution in [1.82, 2.24) is 9.55 Å². The minimum Gasteiger partial charge on any atom is -0.300 e. The summed E-state index contributed by atoms with van der Waals surface area (Å²) in [7, 11) is 0. The summed E-state index contributed by atoms with van der Waals surface area (Å²) in [6.07, 6.45) is 21.3. The molecule has 1 unspecified atom stereocenters. The lowest BCUT2D eigenvalue weighted by Gasteiger charge is -2.25. The largest absolute Gasteiger partial charge is 0.300 e. The fraction of sp³-hybridized carbons (Fsp3) is 0.121. The average Bonchev–Trinajstić information content (AvgIpc) is 3.71. The van der Waals surface area contributed by atoms with Crippen LogP contribution >= 0.6 is 0 Å². The van der Waals surface area contributed by atoms with Crippen LogP contribution < -0.4 is 0 Å². The van der Waals surface area contributed by atoms with Crippen LogP contribution in [0, 0.1) is 5.92 Å². The summed E-state index contributed by atoms with van der Waals surface area (Å²) in [5.74, 6) is 1.50. The Bertz CT molecular complexity index is 3100. The predicted octanol–water partition coefficient (Wildman–Crippen LogP) is 15.5. The van der Waals surface area contributed by atoms with E-state index in [1.165, 1.54) is 88.6 Å². The van der Waals surface area contributed by atoms with Gasteiger partial charge in [-0.15, -0.1) is 0 Å². The van der Waals surface area contributed by atoms with Crippen LogP contribution in [0.3, 0.4) is 0 Å². The number of rotatable bonds is 7. The minimum absolute atomic E-state index is 0.462. The standard InChI is InChI=1S/C58H46N2/c1-39-29-35-50(52(37-39)42-19-7-3-8-20-42)56-48-25-13-14-26-49(48)57(47-24-12-11-23-46(47)41-17-5-2-6-18-41)53-38-44(34-36-51(53)56)40-30-32-43(33-31-40)58-59-54-27-15-16-28-55(54)60(58)45-21-9-4-10-22-45/h2-9,11-15,17-21,23-27,30-39H,10,16,22,28-29H2,1H3. The second-order valence-corrected chi connectivity index (χ2v) is 16.5. The van der Waals surface area contributed by atoms with Crippen molar-refractivity contribution < 1.29 is 0 Å². The molecule has 60 heavy (non-hydrogen) atoms. The lowest BCUT2D eigenvalue weighted by Crippen LogP contribution is -2.07. The first-order chi connectivity index (χ1) is 29.7. The van der Waals surface area contributed by atoms with Crippen molar-refractivity contribution in [1.29, 1.82) is 0 Å². The molecule has 0 spiro atoms. The van der Waals surface area contributed by atoms with Gasteiger partial charge in [0.2, 0.25) is 0 Å². The molecular weight excluding hydrogens is 725 g/mol. The SMILES string of the molecule is CC1C=C(c2ccccc2)C(c2c3ccccc3c(-c3ccccc3-c3ccccc3)c3cc(-c4ccc(-c5nc6c(n5C5=CC=CCC5)CCC=C6)cc4)ccc23)=CC1. The van der Waals surface area contributed by atoms with Crippen molar-refractivity contribution >= 4 is 44.5 Å². The van der Waals surface area contributed by atoms with Gasteiger partial charge >= 0.3 is 0 Å². The van der Waals surface area contributed by atoms with Gasteiger partial charge < -0.3 is 0 Å². The highest BCUT2D eigenvalue weighted by Gasteiger charge is 2.25. The first-order valence-electron chi connectivity index (χ1n) is 21.6. The van der Waals surface area contributed by atoms with Crippen molar-refractivity contribution in [2.45, 2.75) is 39.0 Å². The summed E-state index contributed by atoms with van der Waals surface area (Å²) >= 11 is 0. The number of hydrogen-bond acceptors (Lipinski definition) is 1. The molecule has 1 heterocycles. The second-order valence-electron chi connectivity index (χ2n) is 16.5. The van der Waals surface area contributed by atoms with Gasteiger partial charge in [0.05, 0.1) is 11.4 Å². The van der Waals surface area contributed by atoms with Gasteiger partial charge in [0.15, 0.2) is 0 Å². The lowest BCUT2D eigenvalue weighted by atomic mass is 9.78. The Morgan fingerprint density at radius 3 is 1.95 bits per heavy atom. The number of aromatic nitrogens is 2. The van der Waals surface area contributed by atoms with E-state index in [4.69, 9.17) is 4.98 Å². The third-order valence-electron chi connectivity index (χ3n) is 12.7. The van der Waals surface area contributed by atoms with Gasteiger partial charge in [-0.25, -0.2) is 4.98 Å². The fourth-order valence-electron chi connectivity index (χ4n) is 9.82. The average molecular weight is 771 g/mol. The fourth-order valence-corrected chi connectivity index (χ4v) is 9.82. The summed E-state index contributed by atoms with van der Waals surface area (Å²) in [5.41, 5.74) is 17.4. The van der Waals surface area contributed by atoms with E-state index in [0.717, 1.165) is 49.2 Å². The van der Waals surface area contributed by atoms with Crippen LogP contribution in [0.2, 0.25) is 0 Å². The Morgan fingerprint density at radius 2 is 1.18 bits per heavy atom. The highest BCUT2D eigenvalue weighted by atomic mass is 15.1. The van der Waals surface area contributed by atoms with E-state index in [1.807, 2.05) is 0 Å². The molecule has 3 aliphatic rings. The Kier molecular flexibility index (Phi) is 9.19. The van der Waals surface area contributed by atoms with E-state index in [9.17, 15) is 0 Å². The van der Waals surface area contributed by atoms with E-state index < -0.39 is 0 Å². The van der Waals surface area contributed by atoms with Gasteiger partial charge in [-0.1, -0.05) is 183 Å². The van der Waals surface area contributed by atoms with Gasteiger partial charge in [0.1, 0.15) is 5.82 Å². The molecule has 0 amide bonds. The van der Waals surface area contributed by atoms with Gasteiger partial charge in [-0.3, -0.25) is 4.57 Å². The predicted molar refractivity (Wildman–Crippen MR) is 255 cm³/mol. The quantitative estimate of drug-likeness (QED) is 0.148. The Labute approximate surface area is 352 Å². The zero-order valence-corrected chi connectivity index (χ0v) is 34.0. The zero-order chi connectivity index (χ0) is 40.0. The first-order valence-corrected chi connectivity index (χ1v) is 21.6. The summed E-state index contributed by atoms with van der Waals surface area (Å²) in [6, 6.07) is 56.2. The van der Waals surface area contributed by atoms with E-state index in [-0.39, 0.29) is 0 Å². The molecule has 0 saturated heterocycles. The molecule has 2 nitrogen and oxygen atoms in total. The molecule has 8 aromatic rings. The molecule has 1 aromatic heterocycles. The second kappa shape index (κ2) is 15.3. The molecule has 11 rings (SSSR count). The van der Waals surface area contributed by atoms with E-state index in [2.05, 4.69) is 206 Å². The van der Waals surface area contributed by atoms with Crippen molar-refractivity contribution in [3.8, 4) is 44.8 Å². The maximum absolute atomic E-state index is 5.23. The number of imidazole rings is 1. The minimum atomic E-state index is 0.462. The smallest absolute Gasteiger partial charge is 0.145 e. The normalized spacial score (nSPS) is 16.1. The molecule has 2 heteroatoms. The van der Waals surface area contributed by atoms with Crippen LogP contribution in [-0.2, 0) is 6.42 Å². The molecule has 0 N–H and O–H groups in total. The van der Waals surface area contributed by atoms with Crippen LogP contribution in [0.5, 0.6) is 0 Å². The highest BCUT2D eigenvalue weighted by molar-refractivity contribution is 6.25. The monoisotopic (exact) mass is 770 g/mol. The zero-order valence-electron chi connectivity index (χ0n) is 34.0. The third-order valence-corrected chi connectivity index (χ3v) is 12.7. The highest BCUT2D eigenvalue weighted by Crippen LogP contribution is 2.49. The van der Waals surface area contributed by atoms with Gasteiger partial charge in [-0.05, 0) is 133 Å². The summed E-state index contributed by atoms with van der Waals surface area (Å²) in [6.45, 7) is 2.33. The summed E-state index contributed by atoms with van der Waals surface area (Å²) < 4.78 is 2.44. The molecule has 288 valence electrons. The Balaban J connectivity index is 1.13. The topological polar surface area (TPSA) is 17.8 Å². The third kappa shape index (κ3) is 6.31. The molecule has 0 bridgehead atoms. The number of hydrogen-bond donors (Lipinski definition) is 0. The Hall–Kier alpha value is -7.03. The van der Waals surface area contributed by atoms with Gasteiger partial charge in [-0.2, -0.15) is 0 Å². The van der Waals surface area contributed by atoms with E-state index in [0.29, 0.717) is 5.92 Å². The molecule has 0 saturated carbocycles. The molecule has 3 aliphatic carbocycles. The summed E-state index contributed by atoms with van der Waals surface area (Å²) in [5, 5.41) is 5.07. The van der Waals surface area contributed by atoms with Crippen molar-refractivity contribution in [2.75, 3.05) is 0 Å². The Morgan fingerprint density at radius 1 is 0.533 bits per heavy atom. The molecule has 7 aromatic carbocycles. The summed E-state index contributed by atoms with van der Waals surface area (Å²) in [4.78, 5) is 5.23. The maximum Gasteiger partial charge on any atom is 0.145 e. The van der Waals surface area contributed by atoms with E-state index >= 15 is 0 Å². The van der Waals surface area contributed by atoms with Crippen LogP contribution in [0.15, 0.2) is 188 Å². The van der Waals surface area contributed by atoms with Gasteiger partial charge in [0.25, 0.3) is 0 Å². The number of nitrogens with zero attached hydrogens (tertiary/aromatic N) is 2. The number of benzene rings is 7. The molecule has 0 radical (unpaired) electrons. The maximum atomic E-state index is 5.23. The molecular formula is C58H46N2. The van der Waals surface area contributed by atoms with Gasteiger partial charge in [0, 0.05) is 11.3 Å². The first kappa shape index (κ1) is 36.1. The van der Waals surface area contributed by atoms with Crippen molar-refractivity contribution in [3.63, 3.8) is 0 Å². The van der Waals surface area contributed by atoms with Crippen LogP contribution in [0.4, 0.5) is 0 Å². The number of fused-ring (bicyclic) bond motifs is 3. The van der Waals surface area contributed by atoms with E-state index in [1.54, 1.807) is 0 Å². The lowest BCUT2D eigenvalue weighted by molar-refractivity contribution is 0.742.